The number of nitrogens with one attached hydrogen (secondary N) is 1. The lowest BCUT2D eigenvalue weighted by atomic mass is 9.98. The Kier molecular flexibility index (Phi) is 5.03. The second-order valence-corrected chi connectivity index (χ2v) is 5.85. The van der Waals surface area contributed by atoms with Crippen LogP contribution in [0.5, 0.6) is 0 Å². The molecular weight excluding hydrogens is 210 g/mol. The van der Waals surface area contributed by atoms with Gasteiger partial charge in [-0.05, 0) is 24.7 Å². The van der Waals surface area contributed by atoms with E-state index in [1.807, 2.05) is 6.92 Å². The number of anilines is 1. The Morgan fingerprint density at radius 2 is 1.88 bits per heavy atom. The minimum Gasteiger partial charge on any atom is -0.355 e. The van der Waals surface area contributed by atoms with Gasteiger partial charge in [0.1, 0.15) is 0 Å². The van der Waals surface area contributed by atoms with Gasteiger partial charge >= 0.3 is 0 Å². The highest BCUT2D eigenvalue weighted by molar-refractivity contribution is 5.28. The van der Waals surface area contributed by atoms with Crippen molar-refractivity contribution >= 4 is 5.95 Å². The standard InChI is InChI=1S/C14H27N3/c1-10(2)8-17-9-13(6)16-14(17)15-7-12(5)11(3)4/h9-12H,7-8H2,1-6H3,(H,15,16). The van der Waals surface area contributed by atoms with E-state index in [1.165, 1.54) is 0 Å². The fourth-order valence-corrected chi connectivity index (χ4v) is 1.71. The topological polar surface area (TPSA) is 29.9 Å². The van der Waals surface area contributed by atoms with Crippen molar-refractivity contribution in [3.63, 3.8) is 0 Å². The zero-order chi connectivity index (χ0) is 13.0. The molecule has 0 radical (unpaired) electrons. The fourth-order valence-electron chi connectivity index (χ4n) is 1.71. The molecule has 0 bridgehead atoms. The van der Waals surface area contributed by atoms with E-state index in [1.54, 1.807) is 0 Å². The summed E-state index contributed by atoms with van der Waals surface area (Å²) in [5.41, 5.74) is 1.09. The monoisotopic (exact) mass is 237 g/mol. The molecular formula is C14H27N3. The molecule has 0 spiro atoms. The van der Waals surface area contributed by atoms with Crippen molar-refractivity contribution in [2.24, 2.45) is 17.8 Å². The maximum absolute atomic E-state index is 4.55. The first kappa shape index (κ1) is 14.1. The Bertz CT molecular complexity index is 339. The molecule has 0 amide bonds. The fraction of sp³-hybridized carbons (Fsp3) is 0.786. The Labute approximate surface area is 106 Å². The average Bonchev–Trinajstić information content (AvgIpc) is 2.54. The van der Waals surface area contributed by atoms with Crippen LogP contribution in [0.1, 0.15) is 40.3 Å². The van der Waals surface area contributed by atoms with E-state index in [0.717, 1.165) is 24.7 Å². The second kappa shape index (κ2) is 6.08. The SMILES string of the molecule is Cc1cn(CC(C)C)c(NCC(C)C(C)C)n1. The van der Waals surface area contributed by atoms with Crippen LogP contribution in [-0.4, -0.2) is 16.1 Å². The highest BCUT2D eigenvalue weighted by Crippen LogP contribution is 2.14. The zero-order valence-corrected chi connectivity index (χ0v) is 12.1. The maximum Gasteiger partial charge on any atom is 0.203 e. The zero-order valence-electron chi connectivity index (χ0n) is 12.1. The van der Waals surface area contributed by atoms with Crippen LogP contribution in [0.3, 0.4) is 0 Å². The van der Waals surface area contributed by atoms with Gasteiger partial charge in [-0.2, -0.15) is 0 Å². The average molecular weight is 237 g/mol. The summed E-state index contributed by atoms with van der Waals surface area (Å²) >= 11 is 0. The number of nitrogens with zero attached hydrogens (tertiary/aromatic N) is 2. The number of rotatable bonds is 6. The molecule has 1 unspecified atom stereocenters. The molecule has 0 fully saturated rings. The number of hydrogen-bond donors (Lipinski definition) is 1. The van der Waals surface area contributed by atoms with E-state index >= 15 is 0 Å². The summed E-state index contributed by atoms with van der Waals surface area (Å²) in [6.45, 7) is 15.3. The molecule has 1 N–H and O–H groups in total. The third-order valence-corrected chi connectivity index (χ3v) is 3.18. The van der Waals surface area contributed by atoms with Crippen molar-refractivity contribution in [1.82, 2.24) is 9.55 Å². The van der Waals surface area contributed by atoms with E-state index in [2.05, 4.69) is 55.7 Å². The summed E-state index contributed by atoms with van der Waals surface area (Å²) in [7, 11) is 0. The molecule has 1 aromatic heterocycles. The van der Waals surface area contributed by atoms with Crippen molar-refractivity contribution in [2.45, 2.75) is 48.1 Å². The number of aromatic nitrogens is 2. The van der Waals surface area contributed by atoms with Crippen LogP contribution in [0.15, 0.2) is 6.20 Å². The molecule has 0 saturated carbocycles. The largest absolute Gasteiger partial charge is 0.355 e. The summed E-state index contributed by atoms with van der Waals surface area (Å²) in [4.78, 5) is 4.55. The molecule has 17 heavy (non-hydrogen) atoms. The first-order valence-corrected chi connectivity index (χ1v) is 6.67. The Morgan fingerprint density at radius 3 is 2.41 bits per heavy atom. The third kappa shape index (κ3) is 4.41. The molecule has 0 saturated heterocycles. The molecule has 1 heterocycles. The minimum atomic E-state index is 0.645. The predicted molar refractivity (Wildman–Crippen MR) is 74.3 cm³/mol. The number of aryl methyl sites for hydroxylation is 1. The van der Waals surface area contributed by atoms with Gasteiger partial charge in [-0.15, -0.1) is 0 Å². The Hall–Kier alpha value is -0.990. The smallest absolute Gasteiger partial charge is 0.203 e. The molecule has 0 aliphatic rings. The second-order valence-electron chi connectivity index (χ2n) is 5.85. The lowest BCUT2D eigenvalue weighted by Gasteiger charge is -2.17. The van der Waals surface area contributed by atoms with Gasteiger partial charge < -0.3 is 9.88 Å². The quantitative estimate of drug-likeness (QED) is 0.820. The summed E-state index contributed by atoms with van der Waals surface area (Å²) in [5, 5.41) is 3.47. The van der Waals surface area contributed by atoms with Crippen LogP contribution in [0.25, 0.3) is 0 Å². The summed E-state index contributed by atoms with van der Waals surface area (Å²) in [6, 6.07) is 0. The van der Waals surface area contributed by atoms with E-state index < -0.39 is 0 Å². The highest BCUT2D eigenvalue weighted by Gasteiger charge is 2.10. The molecule has 98 valence electrons. The van der Waals surface area contributed by atoms with E-state index in [0.29, 0.717) is 17.8 Å². The molecule has 0 aliphatic heterocycles. The number of hydrogen-bond acceptors (Lipinski definition) is 2. The van der Waals surface area contributed by atoms with Gasteiger partial charge in [0.25, 0.3) is 0 Å². The molecule has 3 heteroatoms. The van der Waals surface area contributed by atoms with Gasteiger partial charge in [0.15, 0.2) is 0 Å². The van der Waals surface area contributed by atoms with E-state index in [9.17, 15) is 0 Å². The van der Waals surface area contributed by atoms with Gasteiger partial charge in [-0.3, -0.25) is 0 Å². The Morgan fingerprint density at radius 1 is 1.24 bits per heavy atom. The molecule has 3 nitrogen and oxygen atoms in total. The van der Waals surface area contributed by atoms with E-state index in [-0.39, 0.29) is 0 Å². The number of imidazole rings is 1. The molecule has 1 rings (SSSR count). The summed E-state index contributed by atoms with van der Waals surface area (Å²) < 4.78 is 2.23. The molecule has 1 atom stereocenters. The van der Waals surface area contributed by atoms with Gasteiger partial charge in [0.05, 0.1) is 5.69 Å². The third-order valence-electron chi connectivity index (χ3n) is 3.18. The lowest BCUT2D eigenvalue weighted by molar-refractivity contribution is 0.437. The van der Waals surface area contributed by atoms with Crippen LogP contribution in [0.4, 0.5) is 5.95 Å². The van der Waals surface area contributed by atoms with Crippen LogP contribution < -0.4 is 5.32 Å². The molecule has 0 aromatic carbocycles. The first-order chi connectivity index (χ1) is 7.90. The normalized spacial score (nSPS) is 13.4. The molecule has 1 aromatic rings. The van der Waals surface area contributed by atoms with Crippen molar-refractivity contribution in [3.8, 4) is 0 Å². The molecule has 0 aliphatic carbocycles. The van der Waals surface area contributed by atoms with Gasteiger partial charge in [-0.25, -0.2) is 4.98 Å². The highest BCUT2D eigenvalue weighted by atomic mass is 15.2. The van der Waals surface area contributed by atoms with Crippen molar-refractivity contribution < 1.29 is 0 Å². The minimum absolute atomic E-state index is 0.645. The first-order valence-electron chi connectivity index (χ1n) is 6.67. The van der Waals surface area contributed by atoms with Crippen molar-refractivity contribution in [3.05, 3.63) is 11.9 Å². The van der Waals surface area contributed by atoms with Gasteiger partial charge in [0, 0.05) is 19.3 Å². The van der Waals surface area contributed by atoms with Crippen LogP contribution in [0, 0.1) is 24.7 Å². The maximum atomic E-state index is 4.55. The van der Waals surface area contributed by atoms with Crippen LogP contribution in [0.2, 0.25) is 0 Å². The van der Waals surface area contributed by atoms with Crippen LogP contribution >= 0.6 is 0 Å². The van der Waals surface area contributed by atoms with E-state index in [4.69, 9.17) is 0 Å². The van der Waals surface area contributed by atoms with Crippen molar-refractivity contribution in [2.75, 3.05) is 11.9 Å². The summed E-state index contributed by atoms with van der Waals surface area (Å²) in [6.07, 6.45) is 2.13. The van der Waals surface area contributed by atoms with Crippen molar-refractivity contribution in [1.29, 1.82) is 0 Å². The Balaban J connectivity index is 2.63. The van der Waals surface area contributed by atoms with Gasteiger partial charge in [0.2, 0.25) is 5.95 Å². The predicted octanol–water partition coefficient (Wildman–Crippen LogP) is 3.55. The van der Waals surface area contributed by atoms with Gasteiger partial charge in [-0.1, -0.05) is 34.6 Å². The summed E-state index contributed by atoms with van der Waals surface area (Å²) in [5.74, 6) is 3.03. The lowest BCUT2D eigenvalue weighted by Crippen LogP contribution is -2.19. The van der Waals surface area contributed by atoms with Crippen LogP contribution in [-0.2, 0) is 6.54 Å².